The molecule has 3 heterocycles. The number of aliphatic hydroxyl groups excluding tert-OH is 1. The van der Waals surface area contributed by atoms with Crippen LogP contribution < -0.4 is 5.32 Å². The van der Waals surface area contributed by atoms with E-state index in [2.05, 4.69) is 5.32 Å². The maximum Gasteiger partial charge on any atom is 0.311 e. The van der Waals surface area contributed by atoms with E-state index in [1.54, 1.807) is 47.9 Å². The minimum atomic E-state index is -0.721. The Balaban J connectivity index is 1.71. The lowest BCUT2D eigenvalue weighted by molar-refractivity contribution is -0.155. The third-order valence-electron chi connectivity index (χ3n) is 7.00. The number of fused-ring (bicyclic) bond motifs is 1. The van der Waals surface area contributed by atoms with Gasteiger partial charge in [-0.2, -0.15) is 0 Å². The molecule has 2 amide bonds. The fraction of sp³-hybridized carbons (Fsp3) is 0.609. The van der Waals surface area contributed by atoms with Gasteiger partial charge in [0.25, 0.3) is 0 Å². The second-order valence-electron chi connectivity index (χ2n) is 8.91. The number of halogens is 1. The molecule has 4 rings (SSSR count). The maximum absolute atomic E-state index is 13.7. The molecule has 3 aliphatic heterocycles. The second-order valence-corrected chi connectivity index (χ2v) is 11.2. The molecule has 0 saturated carbocycles. The predicted molar refractivity (Wildman–Crippen MR) is 123 cm³/mol. The highest BCUT2D eigenvalue weighted by molar-refractivity contribution is 8.02. The van der Waals surface area contributed by atoms with Gasteiger partial charge in [-0.15, -0.1) is 11.8 Å². The van der Waals surface area contributed by atoms with Gasteiger partial charge in [-0.3, -0.25) is 14.4 Å². The number of benzene rings is 1. The van der Waals surface area contributed by atoms with Crippen molar-refractivity contribution in [3.05, 3.63) is 29.3 Å². The molecule has 3 saturated heterocycles. The van der Waals surface area contributed by atoms with E-state index in [0.717, 1.165) is 6.42 Å². The zero-order valence-corrected chi connectivity index (χ0v) is 19.9. The zero-order chi connectivity index (χ0) is 23.1. The van der Waals surface area contributed by atoms with Gasteiger partial charge in [0.2, 0.25) is 11.8 Å². The van der Waals surface area contributed by atoms with Gasteiger partial charge in [-0.25, -0.2) is 0 Å². The molecule has 1 spiro atoms. The number of thioether (sulfide) groups is 1. The summed E-state index contributed by atoms with van der Waals surface area (Å²) in [6.07, 6.45) is 2.53. The third kappa shape index (κ3) is 3.60. The number of carbonyl (C=O) groups excluding carboxylic acids is 3. The second kappa shape index (κ2) is 8.88. The van der Waals surface area contributed by atoms with Gasteiger partial charge < -0.3 is 20.1 Å². The molecule has 1 aromatic carbocycles. The topological polar surface area (TPSA) is 95.9 Å². The monoisotopic (exact) mass is 480 g/mol. The van der Waals surface area contributed by atoms with Crippen molar-refractivity contribution in [2.45, 2.75) is 55.1 Å². The van der Waals surface area contributed by atoms with Crippen molar-refractivity contribution in [2.75, 3.05) is 25.1 Å². The maximum atomic E-state index is 13.7. The Labute approximate surface area is 197 Å². The lowest BCUT2D eigenvalue weighted by atomic mass is 9.66. The van der Waals surface area contributed by atoms with Crippen molar-refractivity contribution in [3.8, 4) is 0 Å². The van der Waals surface area contributed by atoms with Crippen molar-refractivity contribution in [2.24, 2.45) is 11.8 Å². The highest BCUT2D eigenvalue weighted by Crippen LogP contribution is 2.71. The number of likely N-dealkylation sites (tertiary alicyclic amines) is 1. The van der Waals surface area contributed by atoms with Gasteiger partial charge in [0, 0.05) is 17.9 Å². The molecule has 2 unspecified atom stereocenters. The molecule has 0 aromatic heterocycles. The summed E-state index contributed by atoms with van der Waals surface area (Å²) < 4.78 is 4.24. The van der Waals surface area contributed by atoms with Crippen LogP contribution in [0.5, 0.6) is 0 Å². The number of para-hydroxylation sites is 1. The number of esters is 1. The van der Waals surface area contributed by atoms with E-state index >= 15 is 0 Å². The molecule has 1 aromatic rings. The summed E-state index contributed by atoms with van der Waals surface area (Å²) in [6, 6.07) is 6.28. The summed E-state index contributed by atoms with van der Waals surface area (Å²) in [5, 5.41) is 12.6. The lowest BCUT2D eigenvalue weighted by Gasteiger charge is -2.34. The van der Waals surface area contributed by atoms with Crippen LogP contribution in [-0.2, 0) is 19.1 Å². The lowest BCUT2D eigenvalue weighted by Crippen LogP contribution is -2.51. The summed E-state index contributed by atoms with van der Waals surface area (Å²) in [5.74, 6) is -1.99. The summed E-state index contributed by atoms with van der Waals surface area (Å²) in [4.78, 5) is 41.9. The van der Waals surface area contributed by atoms with Crippen LogP contribution in [-0.4, -0.2) is 63.1 Å². The number of hydrogen-bond donors (Lipinski definition) is 2. The average Bonchev–Trinajstić information content (AvgIpc) is 3.31. The smallest absolute Gasteiger partial charge is 0.311 e. The summed E-state index contributed by atoms with van der Waals surface area (Å²) >= 11 is 7.87. The van der Waals surface area contributed by atoms with Gasteiger partial charge in [0.05, 0.1) is 33.9 Å². The number of hydrogen-bond acceptors (Lipinski definition) is 6. The largest absolute Gasteiger partial charge is 0.466 e. The fourth-order valence-electron chi connectivity index (χ4n) is 5.71. The fourth-order valence-corrected chi connectivity index (χ4v) is 8.24. The van der Waals surface area contributed by atoms with Crippen molar-refractivity contribution < 1.29 is 24.2 Å². The van der Waals surface area contributed by atoms with Crippen molar-refractivity contribution in [1.29, 1.82) is 0 Å². The van der Waals surface area contributed by atoms with Crippen LogP contribution in [0.4, 0.5) is 5.69 Å². The number of amides is 2. The Kier molecular flexibility index (Phi) is 6.49. The van der Waals surface area contributed by atoms with Crippen LogP contribution in [0.2, 0.25) is 5.02 Å². The Morgan fingerprint density at radius 3 is 2.75 bits per heavy atom. The molecule has 174 valence electrons. The molecular formula is C23H29ClN2O5S. The van der Waals surface area contributed by atoms with E-state index < -0.39 is 27.4 Å². The summed E-state index contributed by atoms with van der Waals surface area (Å²) in [5.41, 5.74) is 0.493. The van der Waals surface area contributed by atoms with Crippen molar-refractivity contribution >= 4 is 46.8 Å². The highest BCUT2D eigenvalue weighted by Gasteiger charge is 2.77. The third-order valence-corrected chi connectivity index (χ3v) is 9.32. The number of nitrogens with zero attached hydrogens (tertiary/aromatic N) is 1. The molecule has 0 aliphatic carbocycles. The molecule has 32 heavy (non-hydrogen) atoms. The van der Waals surface area contributed by atoms with Gasteiger partial charge in [-0.1, -0.05) is 23.7 Å². The van der Waals surface area contributed by atoms with E-state index in [1.807, 2.05) is 6.92 Å². The Bertz CT molecular complexity index is 929. The Morgan fingerprint density at radius 2 is 2.06 bits per heavy atom. The quantitative estimate of drug-likeness (QED) is 0.438. The number of ether oxygens (including phenoxy) is 1. The number of anilines is 1. The molecule has 3 fully saturated rings. The SMILES string of the molecule is CCOC(=O)[C@H]1[C@H]2C(=O)N(CCCCO)C(C(=O)Nc3ccccc3Cl)C23CC[C@]1(C)S3. The number of aliphatic hydroxyl groups is 1. The molecule has 7 nitrogen and oxygen atoms in total. The highest BCUT2D eigenvalue weighted by atomic mass is 35.5. The van der Waals surface area contributed by atoms with E-state index in [9.17, 15) is 19.5 Å². The molecular weight excluding hydrogens is 452 g/mol. The van der Waals surface area contributed by atoms with Crippen molar-refractivity contribution in [3.63, 3.8) is 0 Å². The molecule has 3 aliphatic rings. The summed E-state index contributed by atoms with van der Waals surface area (Å²) in [7, 11) is 0. The van der Waals surface area contributed by atoms with Crippen LogP contribution in [0.3, 0.4) is 0 Å². The van der Waals surface area contributed by atoms with Crippen LogP contribution in [0.15, 0.2) is 24.3 Å². The Morgan fingerprint density at radius 1 is 1.31 bits per heavy atom. The Hall–Kier alpha value is -1.77. The molecule has 9 heteroatoms. The van der Waals surface area contributed by atoms with Crippen LogP contribution in [0.1, 0.15) is 39.5 Å². The minimum Gasteiger partial charge on any atom is -0.466 e. The average molecular weight is 481 g/mol. The first kappa shape index (κ1) is 23.4. The van der Waals surface area contributed by atoms with Crippen LogP contribution in [0, 0.1) is 11.8 Å². The van der Waals surface area contributed by atoms with Crippen LogP contribution >= 0.6 is 23.4 Å². The molecule has 5 atom stereocenters. The van der Waals surface area contributed by atoms with Crippen LogP contribution in [0.25, 0.3) is 0 Å². The first-order valence-corrected chi connectivity index (χ1v) is 12.3. The first-order valence-electron chi connectivity index (χ1n) is 11.1. The van der Waals surface area contributed by atoms with Gasteiger partial charge >= 0.3 is 5.97 Å². The number of carbonyl (C=O) groups is 3. The normalized spacial score (nSPS) is 32.8. The number of rotatable bonds is 8. The first-order chi connectivity index (χ1) is 15.3. The summed E-state index contributed by atoms with van der Waals surface area (Å²) in [6.45, 7) is 4.39. The predicted octanol–water partition coefficient (Wildman–Crippen LogP) is 3.10. The van der Waals surface area contributed by atoms with Gasteiger partial charge in [0.1, 0.15) is 6.04 Å². The van der Waals surface area contributed by atoms with E-state index in [0.29, 0.717) is 36.5 Å². The minimum absolute atomic E-state index is 0.0192. The van der Waals surface area contributed by atoms with E-state index in [1.165, 1.54) is 0 Å². The zero-order valence-electron chi connectivity index (χ0n) is 18.3. The van der Waals surface area contributed by atoms with E-state index in [-0.39, 0.29) is 31.0 Å². The molecule has 2 bridgehead atoms. The molecule has 2 N–H and O–H groups in total. The van der Waals surface area contributed by atoms with Crippen molar-refractivity contribution in [1.82, 2.24) is 4.90 Å². The standard InChI is InChI=1S/C23H29ClN2O5S/c1-3-31-21(30)17-16-20(29)26(12-6-7-13-27)18(23(16)11-10-22(17,2)32-23)19(28)25-15-9-5-4-8-14(15)24/h4-5,8-9,16-18,27H,3,6-7,10-13H2,1-2H3,(H,25,28)/t16-,17+,18?,22-,23?/m0/s1. The number of unbranched alkanes of at least 4 members (excludes halogenated alkanes) is 1. The van der Waals surface area contributed by atoms with Gasteiger partial charge in [0.15, 0.2) is 0 Å². The van der Waals surface area contributed by atoms with Gasteiger partial charge in [-0.05, 0) is 51.7 Å². The van der Waals surface area contributed by atoms with E-state index in [4.69, 9.17) is 16.3 Å². The number of nitrogens with one attached hydrogen (secondary N) is 1. The molecule has 0 radical (unpaired) electrons.